The number of nitrogens with zero attached hydrogens (tertiary/aromatic N) is 7. The van der Waals surface area contributed by atoms with Crippen molar-refractivity contribution in [1.82, 2.24) is 34.3 Å². The number of alkyl halides is 2. The first-order chi connectivity index (χ1) is 17.5. The lowest BCUT2D eigenvalue weighted by Gasteiger charge is -2.32. The summed E-state index contributed by atoms with van der Waals surface area (Å²) in [6, 6.07) is 10.3. The molecule has 0 spiro atoms. The van der Waals surface area contributed by atoms with E-state index in [4.69, 9.17) is 4.98 Å². The Morgan fingerprint density at radius 3 is 2.78 bits per heavy atom. The standard InChI is InChI=1S/C25H20F2N8S/c1-12-8-13(2)30-25-18(12)19-20(36-25)24-32-22(33-34(24)11-28-19)15-10-29-35-17(21(26)27)9-16(31-23(15)35)14-6-4-3-5-7-14/h3-8,10-11,16-17,21,31H,9H2,1-2H3/t16-,17-/m0/s1. The topological polar surface area (TPSA) is 85.8 Å². The minimum absolute atomic E-state index is 0.229. The third-order valence-corrected chi connectivity index (χ3v) is 7.79. The lowest BCUT2D eigenvalue weighted by Crippen LogP contribution is -2.31. The Kier molecular flexibility index (Phi) is 4.59. The molecule has 0 saturated carbocycles. The van der Waals surface area contributed by atoms with Crippen LogP contribution in [-0.2, 0) is 0 Å². The summed E-state index contributed by atoms with van der Waals surface area (Å²) in [6.07, 6.45) is 0.870. The van der Waals surface area contributed by atoms with Gasteiger partial charge in [-0.05, 0) is 37.5 Å². The molecule has 2 atom stereocenters. The van der Waals surface area contributed by atoms with Gasteiger partial charge in [-0.2, -0.15) is 5.10 Å². The molecule has 1 aromatic carbocycles. The minimum Gasteiger partial charge on any atom is -0.363 e. The van der Waals surface area contributed by atoms with Crippen molar-refractivity contribution in [2.45, 2.75) is 38.8 Å². The van der Waals surface area contributed by atoms with Crippen LogP contribution < -0.4 is 5.32 Å². The molecule has 0 aliphatic carbocycles. The molecule has 1 N–H and O–H groups in total. The molecular weight excluding hydrogens is 482 g/mol. The van der Waals surface area contributed by atoms with E-state index in [9.17, 15) is 8.78 Å². The van der Waals surface area contributed by atoms with E-state index >= 15 is 0 Å². The highest BCUT2D eigenvalue weighted by Crippen LogP contribution is 2.42. The lowest BCUT2D eigenvalue weighted by atomic mass is 9.97. The summed E-state index contributed by atoms with van der Waals surface area (Å²) in [4.78, 5) is 15.1. The molecule has 36 heavy (non-hydrogen) atoms. The molecule has 11 heteroatoms. The molecule has 7 rings (SSSR count). The molecule has 5 aromatic heterocycles. The predicted molar refractivity (Wildman–Crippen MR) is 135 cm³/mol. The van der Waals surface area contributed by atoms with Crippen molar-refractivity contribution in [3.05, 3.63) is 65.7 Å². The lowest BCUT2D eigenvalue weighted by molar-refractivity contribution is 0.0659. The molecular formula is C25H20F2N8S. The van der Waals surface area contributed by atoms with Crippen LogP contribution in [0.5, 0.6) is 0 Å². The fourth-order valence-corrected chi connectivity index (χ4v) is 6.31. The monoisotopic (exact) mass is 502 g/mol. The zero-order chi connectivity index (χ0) is 24.6. The highest BCUT2D eigenvalue weighted by molar-refractivity contribution is 7.26. The zero-order valence-electron chi connectivity index (χ0n) is 19.4. The number of aryl methyl sites for hydroxylation is 2. The largest absolute Gasteiger partial charge is 0.363 e. The van der Waals surface area contributed by atoms with Crippen LogP contribution in [0.15, 0.2) is 48.9 Å². The van der Waals surface area contributed by atoms with Gasteiger partial charge < -0.3 is 5.32 Å². The van der Waals surface area contributed by atoms with Crippen molar-refractivity contribution in [2.75, 3.05) is 5.32 Å². The summed E-state index contributed by atoms with van der Waals surface area (Å²) in [5.41, 5.74) is 5.06. The van der Waals surface area contributed by atoms with Crippen LogP contribution in [0.25, 0.3) is 37.5 Å². The van der Waals surface area contributed by atoms with Crippen LogP contribution in [0.4, 0.5) is 14.6 Å². The number of halogens is 2. The van der Waals surface area contributed by atoms with Crippen LogP contribution in [0, 0.1) is 13.8 Å². The van der Waals surface area contributed by atoms with Crippen LogP contribution in [0.2, 0.25) is 0 Å². The van der Waals surface area contributed by atoms with Gasteiger partial charge in [0.15, 0.2) is 11.5 Å². The van der Waals surface area contributed by atoms with E-state index in [-0.39, 0.29) is 12.5 Å². The molecule has 0 unspecified atom stereocenters. The Balaban J connectivity index is 1.39. The van der Waals surface area contributed by atoms with Gasteiger partial charge in [-0.1, -0.05) is 30.3 Å². The van der Waals surface area contributed by atoms with E-state index in [1.807, 2.05) is 43.3 Å². The normalized spacial score (nSPS) is 17.8. The molecule has 180 valence electrons. The molecule has 0 radical (unpaired) electrons. The van der Waals surface area contributed by atoms with Crippen LogP contribution in [-0.4, -0.2) is 40.8 Å². The first-order valence-corrected chi connectivity index (χ1v) is 12.4. The van der Waals surface area contributed by atoms with Crippen molar-refractivity contribution in [1.29, 1.82) is 0 Å². The van der Waals surface area contributed by atoms with E-state index in [0.717, 1.165) is 37.3 Å². The minimum atomic E-state index is -2.56. The summed E-state index contributed by atoms with van der Waals surface area (Å²) in [5, 5.41) is 13.4. The summed E-state index contributed by atoms with van der Waals surface area (Å²) >= 11 is 1.53. The average molecular weight is 503 g/mol. The van der Waals surface area contributed by atoms with Crippen LogP contribution in [0.3, 0.4) is 0 Å². The molecule has 0 amide bonds. The maximum Gasteiger partial charge on any atom is 0.260 e. The third-order valence-electron chi connectivity index (χ3n) is 6.72. The van der Waals surface area contributed by atoms with Gasteiger partial charge in [-0.3, -0.25) is 0 Å². The first-order valence-electron chi connectivity index (χ1n) is 11.6. The number of aromatic nitrogens is 7. The van der Waals surface area contributed by atoms with Gasteiger partial charge in [-0.15, -0.1) is 16.4 Å². The SMILES string of the molecule is Cc1cc(C)c2c(n1)sc1c2ncn2nc(-c3cnn4c3N[C@H](c3ccccc3)C[C@H]4C(F)F)nc12. The Hall–Kier alpha value is -3.99. The highest BCUT2D eigenvalue weighted by atomic mass is 32.1. The Morgan fingerprint density at radius 2 is 1.97 bits per heavy atom. The first kappa shape index (κ1) is 21.3. The van der Waals surface area contributed by atoms with Gasteiger partial charge in [0.05, 0.1) is 23.3 Å². The molecule has 1 aliphatic rings. The fraction of sp³-hybridized carbons (Fsp3) is 0.240. The predicted octanol–water partition coefficient (Wildman–Crippen LogP) is 5.73. The van der Waals surface area contributed by atoms with Crippen molar-refractivity contribution in [2.24, 2.45) is 0 Å². The van der Waals surface area contributed by atoms with Crippen LogP contribution >= 0.6 is 11.3 Å². The number of thiophene rings is 1. The zero-order valence-corrected chi connectivity index (χ0v) is 20.2. The maximum absolute atomic E-state index is 14.1. The maximum atomic E-state index is 14.1. The molecule has 1 aliphatic heterocycles. The van der Waals surface area contributed by atoms with E-state index in [2.05, 4.69) is 32.4 Å². The van der Waals surface area contributed by atoms with Gasteiger partial charge >= 0.3 is 0 Å². The Morgan fingerprint density at radius 1 is 1.14 bits per heavy atom. The molecule has 8 nitrogen and oxygen atoms in total. The summed E-state index contributed by atoms with van der Waals surface area (Å²) in [5.74, 6) is 0.892. The van der Waals surface area contributed by atoms with Crippen molar-refractivity contribution in [3.63, 3.8) is 0 Å². The van der Waals surface area contributed by atoms with Crippen molar-refractivity contribution < 1.29 is 8.78 Å². The Labute approximate surface area is 207 Å². The van der Waals surface area contributed by atoms with Gasteiger partial charge in [-0.25, -0.2) is 32.9 Å². The second-order valence-electron chi connectivity index (χ2n) is 9.09. The number of hydrogen-bond donors (Lipinski definition) is 1. The van der Waals surface area contributed by atoms with E-state index in [1.165, 1.54) is 16.0 Å². The molecule has 0 bridgehead atoms. The van der Waals surface area contributed by atoms with E-state index in [0.29, 0.717) is 22.9 Å². The number of benzene rings is 1. The third kappa shape index (κ3) is 3.12. The smallest absolute Gasteiger partial charge is 0.260 e. The average Bonchev–Trinajstić information content (AvgIpc) is 3.57. The molecule has 0 fully saturated rings. The van der Waals surface area contributed by atoms with Gasteiger partial charge in [0.2, 0.25) is 0 Å². The van der Waals surface area contributed by atoms with Gasteiger partial charge in [0, 0.05) is 11.1 Å². The summed E-state index contributed by atoms with van der Waals surface area (Å²) in [7, 11) is 0. The molecule has 6 heterocycles. The highest BCUT2D eigenvalue weighted by Gasteiger charge is 2.36. The second-order valence-corrected chi connectivity index (χ2v) is 10.1. The van der Waals surface area contributed by atoms with E-state index < -0.39 is 12.5 Å². The number of pyridine rings is 1. The fourth-order valence-electron chi connectivity index (χ4n) is 5.08. The van der Waals surface area contributed by atoms with Crippen molar-refractivity contribution in [3.8, 4) is 11.4 Å². The quantitative estimate of drug-likeness (QED) is 0.333. The molecule has 0 saturated heterocycles. The molecule has 6 aromatic rings. The second kappa shape index (κ2) is 7.76. The Bertz CT molecular complexity index is 1770. The number of fused-ring (bicyclic) bond motifs is 6. The number of anilines is 1. The van der Waals surface area contributed by atoms with Gasteiger partial charge in [0.1, 0.15) is 27.7 Å². The van der Waals surface area contributed by atoms with Crippen molar-refractivity contribution >= 4 is 43.2 Å². The number of hydrogen-bond acceptors (Lipinski definition) is 7. The van der Waals surface area contributed by atoms with E-state index in [1.54, 1.807) is 17.0 Å². The summed E-state index contributed by atoms with van der Waals surface area (Å²) in [6.45, 7) is 4.03. The van der Waals surface area contributed by atoms with Crippen LogP contribution in [0.1, 0.15) is 35.3 Å². The number of rotatable bonds is 3. The number of nitrogens with one attached hydrogen (secondary N) is 1. The van der Waals surface area contributed by atoms with Gasteiger partial charge in [0.25, 0.3) is 6.43 Å². The summed E-state index contributed by atoms with van der Waals surface area (Å²) < 4.78 is 32.0.